The van der Waals surface area contributed by atoms with Crippen molar-refractivity contribution in [3.8, 4) is 0 Å². The van der Waals surface area contributed by atoms with Crippen LogP contribution in [0.5, 0.6) is 0 Å². The lowest BCUT2D eigenvalue weighted by Gasteiger charge is -2.16. The second-order valence-corrected chi connectivity index (χ2v) is 6.95. The summed E-state index contributed by atoms with van der Waals surface area (Å²) in [6, 6.07) is 3.82. The van der Waals surface area contributed by atoms with E-state index in [4.69, 9.17) is 0 Å². The molecule has 0 radical (unpaired) electrons. The van der Waals surface area contributed by atoms with E-state index in [2.05, 4.69) is 27.7 Å². The first kappa shape index (κ1) is 20.8. The molecule has 2 aromatic carbocycles. The zero-order valence-corrected chi connectivity index (χ0v) is 17.0. The standard InChI is InChI=1S/C13H18O.C10H12O/c1-7-8(2)10(4)13(12(6)14)11(5)9(7)3;1-7-4-10(6-11)5-8(2)9(7)3/h1-6H3;4-6H,1-3H3. The van der Waals surface area contributed by atoms with E-state index in [1.165, 1.54) is 33.4 Å². The first-order valence-corrected chi connectivity index (χ1v) is 8.63. The van der Waals surface area contributed by atoms with Crippen molar-refractivity contribution in [1.29, 1.82) is 0 Å². The second-order valence-electron chi connectivity index (χ2n) is 6.95. The number of hydrogen-bond donors (Lipinski definition) is 0. The van der Waals surface area contributed by atoms with Crippen LogP contribution in [-0.4, -0.2) is 12.1 Å². The van der Waals surface area contributed by atoms with Gasteiger partial charge in [0.25, 0.3) is 0 Å². The van der Waals surface area contributed by atoms with Crippen molar-refractivity contribution < 1.29 is 9.59 Å². The van der Waals surface area contributed by atoms with E-state index in [0.29, 0.717) is 0 Å². The van der Waals surface area contributed by atoms with Crippen LogP contribution in [0.2, 0.25) is 0 Å². The van der Waals surface area contributed by atoms with Crippen molar-refractivity contribution >= 4 is 12.1 Å². The van der Waals surface area contributed by atoms with Crippen LogP contribution in [0.4, 0.5) is 0 Å². The van der Waals surface area contributed by atoms with Gasteiger partial charge in [-0.1, -0.05) is 0 Å². The Morgan fingerprint density at radius 2 is 1.04 bits per heavy atom. The Labute approximate surface area is 152 Å². The maximum Gasteiger partial charge on any atom is 0.160 e. The largest absolute Gasteiger partial charge is 0.298 e. The van der Waals surface area contributed by atoms with Gasteiger partial charge in [0, 0.05) is 11.1 Å². The van der Waals surface area contributed by atoms with Gasteiger partial charge in [-0.2, -0.15) is 0 Å². The molecule has 0 bridgehead atoms. The lowest BCUT2D eigenvalue weighted by Crippen LogP contribution is -2.06. The Balaban J connectivity index is 0.000000257. The number of aldehydes is 1. The van der Waals surface area contributed by atoms with Crippen LogP contribution < -0.4 is 0 Å². The molecule has 2 rings (SSSR count). The van der Waals surface area contributed by atoms with Crippen LogP contribution in [0.15, 0.2) is 12.1 Å². The SMILES string of the molecule is CC(=O)c1c(C)c(C)c(C)c(C)c1C.Cc1cc(C=O)cc(C)c1C. The quantitative estimate of drug-likeness (QED) is 0.508. The molecular weight excluding hydrogens is 308 g/mol. The lowest BCUT2D eigenvalue weighted by atomic mass is 9.88. The molecule has 0 heterocycles. The molecule has 2 heteroatoms. The number of carbonyl (C=O) groups excluding carboxylic acids is 2. The number of benzene rings is 2. The summed E-state index contributed by atoms with van der Waals surface area (Å²) in [5, 5.41) is 0. The first-order chi connectivity index (χ1) is 11.5. The molecule has 0 aromatic heterocycles. The topological polar surface area (TPSA) is 34.1 Å². The Kier molecular flexibility index (Phi) is 6.87. The molecule has 2 nitrogen and oxygen atoms in total. The van der Waals surface area contributed by atoms with Gasteiger partial charge >= 0.3 is 0 Å². The van der Waals surface area contributed by atoms with Crippen LogP contribution in [-0.2, 0) is 0 Å². The molecule has 0 saturated heterocycles. The number of carbonyl (C=O) groups is 2. The van der Waals surface area contributed by atoms with Crippen LogP contribution in [0.1, 0.15) is 72.1 Å². The molecule has 0 aliphatic rings. The minimum absolute atomic E-state index is 0.172. The highest BCUT2D eigenvalue weighted by Gasteiger charge is 2.14. The molecule has 0 aliphatic carbocycles. The molecule has 0 aliphatic heterocycles. The number of ketones is 1. The van der Waals surface area contributed by atoms with Crippen molar-refractivity contribution in [3.63, 3.8) is 0 Å². The fourth-order valence-electron chi connectivity index (χ4n) is 3.17. The van der Waals surface area contributed by atoms with Gasteiger partial charge in [-0.25, -0.2) is 0 Å². The molecule has 0 N–H and O–H groups in total. The van der Waals surface area contributed by atoms with E-state index in [9.17, 15) is 9.59 Å². The minimum atomic E-state index is 0.172. The lowest BCUT2D eigenvalue weighted by molar-refractivity contribution is 0.101. The van der Waals surface area contributed by atoms with Crippen molar-refractivity contribution in [3.05, 3.63) is 67.8 Å². The zero-order valence-electron chi connectivity index (χ0n) is 17.0. The smallest absolute Gasteiger partial charge is 0.160 e. The monoisotopic (exact) mass is 338 g/mol. The number of Topliss-reactive ketones (excluding diaryl/α,β-unsaturated/α-hetero) is 1. The van der Waals surface area contributed by atoms with E-state index in [-0.39, 0.29) is 5.78 Å². The second kappa shape index (κ2) is 8.24. The summed E-state index contributed by atoms with van der Waals surface area (Å²) >= 11 is 0. The Hall–Kier alpha value is -2.22. The van der Waals surface area contributed by atoms with Crippen LogP contribution in [0, 0.1) is 55.4 Å². The summed E-state index contributed by atoms with van der Waals surface area (Å²) in [4.78, 5) is 21.9. The third-order valence-electron chi connectivity index (χ3n) is 5.44. The average molecular weight is 338 g/mol. The van der Waals surface area contributed by atoms with Gasteiger partial charge in [0.2, 0.25) is 0 Å². The molecule has 0 fully saturated rings. The van der Waals surface area contributed by atoms with Gasteiger partial charge in [-0.3, -0.25) is 9.59 Å². The van der Waals surface area contributed by atoms with Crippen molar-refractivity contribution in [2.24, 2.45) is 0 Å². The van der Waals surface area contributed by atoms with Gasteiger partial charge in [-0.15, -0.1) is 0 Å². The maximum absolute atomic E-state index is 11.5. The highest BCUT2D eigenvalue weighted by Crippen LogP contribution is 2.26. The van der Waals surface area contributed by atoms with E-state index < -0.39 is 0 Å². The molecule has 0 atom stereocenters. The summed E-state index contributed by atoms with van der Waals surface area (Å²) in [5.74, 6) is 0.172. The molecule has 0 saturated carbocycles. The highest BCUT2D eigenvalue weighted by atomic mass is 16.1. The first-order valence-electron chi connectivity index (χ1n) is 8.63. The molecule has 0 unspecified atom stereocenters. The van der Waals surface area contributed by atoms with Gasteiger partial charge in [-0.05, 0) is 119 Å². The molecule has 0 spiro atoms. The minimum Gasteiger partial charge on any atom is -0.298 e. The van der Waals surface area contributed by atoms with Gasteiger partial charge in [0.05, 0.1) is 0 Å². The summed E-state index contributed by atoms with van der Waals surface area (Å²) in [5.41, 5.74) is 11.4. The normalized spacial score (nSPS) is 10.1. The molecule has 134 valence electrons. The predicted octanol–water partition coefficient (Wildman–Crippen LogP) is 5.86. The van der Waals surface area contributed by atoms with Crippen LogP contribution in [0.25, 0.3) is 0 Å². The summed E-state index contributed by atoms with van der Waals surface area (Å²) in [7, 11) is 0. The Morgan fingerprint density at radius 3 is 1.36 bits per heavy atom. The zero-order chi connectivity index (χ0) is 19.5. The highest BCUT2D eigenvalue weighted by molar-refractivity contribution is 5.97. The maximum atomic E-state index is 11.5. The van der Waals surface area contributed by atoms with Crippen LogP contribution >= 0.6 is 0 Å². The number of rotatable bonds is 2. The third-order valence-corrected chi connectivity index (χ3v) is 5.44. The predicted molar refractivity (Wildman–Crippen MR) is 106 cm³/mol. The average Bonchev–Trinajstić information content (AvgIpc) is 2.56. The fraction of sp³-hybridized carbons (Fsp3) is 0.391. The van der Waals surface area contributed by atoms with Crippen molar-refractivity contribution in [2.45, 2.75) is 62.3 Å². The van der Waals surface area contributed by atoms with E-state index >= 15 is 0 Å². The summed E-state index contributed by atoms with van der Waals surface area (Å²) in [6.45, 7) is 18.1. The van der Waals surface area contributed by atoms with E-state index in [0.717, 1.165) is 28.5 Å². The van der Waals surface area contributed by atoms with Gasteiger partial charge in [0.1, 0.15) is 6.29 Å². The molecule has 0 amide bonds. The van der Waals surface area contributed by atoms with Crippen molar-refractivity contribution in [1.82, 2.24) is 0 Å². The Bertz CT molecular complexity index is 774. The molecular formula is C23H30O2. The number of hydrogen-bond acceptors (Lipinski definition) is 2. The van der Waals surface area contributed by atoms with Gasteiger partial charge in [0.15, 0.2) is 5.78 Å². The van der Waals surface area contributed by atoms with Crippen LogP contribution in [0.3, 0.4) is 0 Å². The fourth-order valence-corrected chi connectivity index (χ4v) is 3.17. The molecule has 2 aromatic rings. The van der Waals surface area contributed by atoms with E-state index in [1.807, 2.05) is 39.8 Å². The molecule has 25 heavy (non-hydrogen) atoms. The summed E-state index contributed by atoms with van der Waals surface area (Å²) in [6.07, 6.45) is 0.888. The third kappa shape index (κ3) is 4.45. The number of aryl methyl sites for hydroxylation is 2. The van der Waals surface area contributed by atoms with E-state index in [1.54, 1.807) is 6.92 Å². The van der Waals surface area contributed by atoms with Crippen molar-refractivity contribution in [2.75, 3.05) is 0 Å². The Morgan fingerprint density at radius 1 is 0.680 bits per heavy atom. The summed E-state index contributed by atoms with van der Waals surface area (Å²) < 4.78 is 0. The van der Waals surface area contributed by atoms with Gasteiger partial charge < -0.3 is 0 Å².